The van der Waals surface area contributed by atoms with E-state index < -0.39 is 23.1 Å². The molecule has 0 atom stereocenters. The van der Waals surface area contributed by atoms with E-state index in [0.29, 0.717) is 67.5 Å². The predicted molar refractivity (Wildman–Crippen MR) is 183 cm³/mol. The van der Waals surface area contributed by atoms with Crippen LogP contribution >= 0.6 is 0 Å². The van der Waals surface area contributed by atoms with Crippen LogP contribution in [0.4, 0.5) is 0 Å². The molecule has 4 aliphatic rings. The van der Waals surface area contributed by atoms with Crippen LogP contribution in [-0.2, 0) is 20.7 Å². The normalized spacial score (nSPS) is 15.5. The zero-order valence-corrected chi connectivity index (χ0v) is 25.8. The second kappa shape index (κ2) is 11.6. The van der Waals surface area contributed by atoms with Crippen molar-refractivity contribution in [3.05, 3.63) is 166 Å². The molecule has 0 amide bonds. The molecule has 11 heteroatoms. The van der Waals surface area contributed by atoms with Gasteiger partial charge in [0, 0.05) is 57.6 Å². The molecule has 6 aromatic carbocycles. The van der Waals surface area contributed by atoms with Crippen LogP contribution in [0.3, 0.4) is 0 Å². The molecule has 10 rings (SSSR count). The molecule has 0 saturated heterocycles. The maximum atomic E-state index is 12.5. The average molecular weight is 689 g/mol. The van der Waals surface area contributed by atoms with E-state index in [0.717, 1.165) is 0 Å². The summed E-state index contributed by atoms with van der Waals surface area (Å²) < 4.78 is 23.6. The molecule has 4 N–H and O–H groups in total. The van der Waals surface area contributed by atoms with Gasteiger partial charge >= 0.3 is 41.5 Å². The van der Waals surface area contributed by atoms with Gasteiger partial charge in [-0.15, -0.1) is 0 Å². The fourth-order valence-corrected chi connectivity index (χ4v) is 7.31. The van der Waals surface area contributed by atoms with Crippen LogP contribution in [0.5, 0.6) is 46.0 Å². The third kappa shape index (κ3) is 4.61. The first-order valence-electron chi connectivity index (χ1n) is 15.5. The van der Waals surface area contributed by atoms with Crippen molar-refractivity contribution in [1.29, 1.82) is 0 Å². The van der Waals surface area contributed by atoms with E-state index in [2.05, 4.69) is 0 Å². The van der Waals surface area contributed by atoms with Crippen LogP contribution in [0, 0.1) is 0 Å². The molecule has 0 saturated carbocycles. The molecule has 0 unspecified atom stereocenters. The number of hydrogen-bond donors (Lipinski definition) is 4. The fourth-order valence-electron chi connectivity index (χ4n) is 7.31. The molecule has 246 valence electrons. The Balaban J connectivity index is 0.000000144. The molecule has 0 fully saturated rings. The van der Waals surface area contributed by atoms with Gasteiger partial charge in [-0.1, -0.05) is 36.4 Å². The first-order valence-corrected chi connectivity index (χ1v) is 15.5. The Morgan fingerprint density at radius 3 is 1.00 bits per heavy atom. The van der Waals surface area contributed by atoms with Crippen molar-refractivity contribution in [2.45, 2.75) is 11.2 Å². The van der Waals surface area contributed by atoms with Crippen molar-refractivity contribution in [3.63, 3.8) is 0 Å². The molecule has 0 aliphatic carbocycles. The summed E-state index contributed by atoms with van der Waals surface area (Å²) in [5.74, 6) is 0.817. The van der Waals surface area contributed by atoms with E-state index in [-0.39, 0.29) is 52.6 Å². The van der Waals surface area contributed by atoms with E-state index in [4.69, 9.17) is 18.9 Å². The van der Waals surface area contributed by atoms with Gasteiger partial charge in [0.2, 0.25) is 0 Å². The summed E-state index contributed by atoms with van der Waals surface area (Å²) in [6.07, 6.45) is 0. The van der Waals surface area contributed by atoms with Crippen LogP contribution < -0.4 is 9.47 Å². The van der Waals surface area contributed by atoms with Crippen LogP contribution in [0.2, 0.25) is 0 Å². The minimum atomic E-state index is -1.17. The molecule has 2 spiro atoms. The van der Waals surface area contributed by atoms with Crippen LogP contribution in [-0.4, -0.2) is 61.9 Å². The molecule has 0 radical (unpaired) electrons. The molecule has 4 aliphatic heterocycles. The number of aromatic hydroxyl groups is 4. The maximum absolute atomic E-state index is 12.5. The molecule has 0 aromatic heterocycles. The Hall–Kier alpha value is -5.94. The molecule has 51 heavy (non-hydrogen) atoms. The Morgan fingerprint density at radius 2 is 0.686 bits per heavy atom. The number of fused-ring (bicyclic) bond motifs is 12. The van der Waals surface area contributed by atoms with Crippen molar-refractivity contribution in [1.82, 2.24) is 0 Å². The summed E-state index contributed by atoms with van der Waals surface area (Å²) >= 11 is 0. The first-order chi connectivity index (χ1) is 24.2. The van der Waals surface area contributed by atoms with Crippen LogP contribution in [0.1, 0.15) is 54.1 Å². The number of carbonyl (C=O) groups is 2. The number of ether oxygens (including phenoxy) is 4. The Labute approximate surface area is 312 Å². The van der Waals surface area contributed by atoms with E-state index in [1.807, 2.05) is 24.3 Å². The second-order valence-electron chi connectivity index (χ2n) is 12.2. The summed E-state index contributed by atoms with van der Waals surface area (Å²) in [5, 5.41) is 39.3. The van der Waals surface area contributed by atoms with Crippen molar-refractivity contribution in [2.24, 2.45) is 0 Å². The Bertz CT molecular complexity index is 2180. The van der Waals surface area contributed by atoms with Gasteiger partial charge in [-0.3, -0.25) is 0 Å². The summed E-state index contributed by atoms with van der Waals surface area (Å²) in [6.45, 7) is 0. The van der Waals surface area contributed by atoms with Crippen molar-refractivity contribution in [2.75, 3.05) is 0 Å². The van der Waals surface area contributed by atoms with Crippen molar-refractivity contribution >= 4 is 41.5 Å². The monoisotopic (exact) mass is 688 g/mol. The van der Waals surface area contributed by atoms with Gasteiger partial charge in [-0.2, -0.15) is 0 Å². The number of phenols is 4. The zero-order chi connectivity index (χ0) is 34.4. The fraction of sp³-hybridized carbons (Fsp3) is 0.0500. The summed E-state index contributed by atoms with van der Waals surface area (Å²) in [6, 6.07) is 33.2. The van der Waals surface area contributed by atoms with Crippen molar-refractivity contribution < 1.29 is 49.0 Å². The number of rotatable bonds is 0. The van der Waals surface area contributed by atoms with Crippen LogP contribution in [0.15, 0.2) is 121 Å². The zero-order valence-electron chi connectivity index (χ0n) is 25.8. The van der Waals surface area contributed by atoms with E-state index in [9.17, 15) is 30.0 Å². The van der Waals surface area contributed by atoms with Crippen molar-refractivity contribution in [3.8, 4) is 46.0 Å². The number of benzene rings is 6. The van der Waals surface area contributed by atoms with Gasteiger partial charge in [0.25, 0.3) is 0 Å². The molecular formula is C40H25NaO10. The van der Waals surface area contributed by atoms with Gasteiger partial charge in [0.05, 0.1) is 11.1 Å². The number of carbonyl (C=O) groups excluding carboxylic acids is 2. The summed E-state index contributed by atoms with van der Waals surface area (Å²) in [4.78, 5) is 25.1. The first kappa shape index (κ1) is 32.3. The van der Waals surface area contributed by atoms with E-state index in [1.54, 1.807) is 48.5 Å². The second-order valence-corrected chi connectivity index (χ2v) is 12.2. The summed E-state index contributed by atoms with van der Waals surface area (Å²) in [5.41, 5.74) is 2.57. The number of hydrogen-bond acceptors (Lipinski definition) is 10. The summed E-state index contributed by atoms with van der Waals surface area (Å²) in [7, 11) is 0. The topological polar surface area (TPSA) is 152 Å². The average Bonchev–Trinajstić information content (AvgIpc) is 3.56. The molecule has 6 aromatic rings. The quantitative estimate of drug-likeness (QED) is 0.100. The number of esters is 2. The van der Waals surface area contributed by atoms with Gasteiger partial charge in [-0.05, 0) is 60.7 Å². The van der Waals surface area contributed by atoms with Gasteiger partial charge < -0.3 is 39.4 Å². The third-order valence-corrected chi connectivity index (χ3v) is 9.36. The Morgan fingerprint density at radius 1 is 0.392 bits per heavy atom. The van der Waals surface area contributed by atoms with E-state index >= 15 is 0 Å². The molecular weight excluding hydrogens is 663 g/mol. The third-order valence-electron chi connectivity index (χ3n) is 9.36. The van der Waals surface area contributed by atoms with Crippen LogP contribution in [0.25, 0.3) is 0 Å². The minimum absolute atomic E-state index is 0. The Kier molecular flexibility index (Phi) is 7.32. The van der Waals surface area contributed by atoms with Gasteiger partial charge in [0.1, 0.15) is 46.0 Å². The SMILES string of the molecule is O=C1OC2(c3ccc(O)cc3Oc3cc(O)ccc32)c2ccccc21.O=C1OC2(c3ccc(O)cc3Oc3cc(O)ccc32)c2ccccc21.[NaH]. The molecule has 10 nitrogen and oxygen atoms in total. The predicted octanol–water partition coefficient (Wildman–Crippen LogP) is 6.68. The number of phenolic OH excluding ortho intramolecular Hbond substituents is 4. The van der Waals surface area contributed by atoms with Gasteiger partial charge in [-0.25, -0.2) is 9.59 Å². The van der Waals surface area contributed by atoms with Gasteiger partial charge in [0.15, 0.2) is 11.2 Å². The van der Waals surface area contributed by atoms with E-state index in [1.165, 1.54) is 48.5 Å². The molecule has 4 heterocycles. The standard InChI is InChI=1S/2C20H12O5.Na.H/c2*21-11-5-7-15-17(9-11)24-18-10-12(22)6-8-16(18)20(15)14-4-2-1-3-13(14)19(23)25-20;;/h2*1-10,21-22H;;. The molecule has 0 bridgehead atoms.